The van der Waals surface area contributed by atoms with Crippen LogP contribution in [0.25, 0.3) is 0 Å². The van der Waals surface area contributed by atoms with Crippen LogP contribution in [0.2, 0.25) is 10.0 Å². The average molecular weight is 387 g/mol. The maximum atomic E-state index is 6.12. The molecule has 2 aromatic carbocycles. The molecule has 0 saturated carbocycles. The molecule has 0 radical (unpaired) electrons. The summed E-state index contributed by atoms with van der Waals surface area (Å²) in [5.74, 6) is 2.49. The van der Waals surface area contributed by atoms with Gasteiger partial charge in [-0.3, -0.25) is 0 Å². The first-order valence-electron chi connectivity index (χ1n) is 6.77. The first kappa shape index (κ1) is 18.3. The van der Waals surface area contributed by atoms with Crippen LogP contribution in [0.3, 0.4) is 0 Å². The maximum Gasteiger partial charge on any atom is 0.159 e. The number of methoxy groups -OCH3 is 1. The molecule has 2 aromatic rings. The molecule has 0 fully saturated rings. The van der Waals surface area contributed by atoms with Crippen molar-refractivity contribution in [2.45, 2.75) is 4.90 Å². The minimum atomic E-state index is 0.535. The smallest absolute Gasteiger partial charge is 0.159 e. The number of amidine groups is 1. The molecular weight excluding hydrogens is 371 g/mol. The first-order chi connectivity index (χ1) is 11.1. The van der Waals surface area contributed by atoms with Crippen molar-refractivity contribution in [2.75, 3.05) is 18.6 Å². The largest absolute Gasteiger partial charge is 0.497 e. The second-order valence-corrected chi connectivity index (χ2v) is 7.52. The summed E-state index contributed by atoms with van der Waals surface area (Å²) in [6.45, 7) is 0. The van der Waals surface area contributed by atoms with Crippen LogP contribution in [0.4, 0.5) is 5.69 Å². The minimum Gasteiger partial charge on any atom is -0.497 e. The highest BCUT2D eigenvalue weighted by Crippen LogP contribution is 2.30. The Morgan fingerprint density at radius 1 is 1.13 bits per heavy atom. The number of aliphatic imine (C=N–C) groups is 1. The third kappa shape index (κ3) is 6.18. The fourth-order valence-corrected chi connectivity index (χ4v) is 3.90. The van der Waals surface area contributed by atoms with Crippen molar-refractivity contribution < 1.29 is 4.74 Å². The number of thioether (sulfide) groups is 2. The lowest BCUT2D eigenvalue weighted by molar-refractivity contribution is 0.415. The summed E-state index contributed by atoms with van der Waals surface area (Å²) in [5, 5.41) is 1.93. The number of hydrogen-bond acceptors (Lipinski definition) is 4. The monoisotopic (exact) mass is 386 g/mol. The molecule has 0 unspecified atom stereocenters. The van der Waals surface area contributed by atoms with E-state index in [9.17, 15) is 0 Å². The average Bonchev–Trinajstić information content (AvgIpc) is 2.55. The number of ether oxygens (including phenoxy) is 1. The van der Waals surface area contributed by atoms with E-state index in [2.05, 4.69) is 4.99 Å². The third-order valence-corrected chi connectivity index (χ3v) is 5.58. The maximum absolute atomic E-state index is 6.12. The summed E-state index contributed by atoms with van der Waals surface area (Å²) in [6, 6.07) is 12.9. The molecule has 0 amide bonds. The van der Waals surface area contributed by atoms with Crippen molar-refractivity contribution in [3.8, 4) is 5.75 Å². The molecule has 0 aliphatic carbocycles. The van der Waals surface area contributed by atoms with Gasteiger partial charge in [-0.05, 0) is 42.5 Å². The lowest BCUT2D eigenvalue weighted by Crippen LogP contribution is -2.07. The summed E-state index contributed by atoms with van der Waals surface area (Å²) in [6.07, 6.45) is 0. The van der Waals surface area contributed by atoms with Gasteiger partial charge in [-0.15, -0.1) is 11.8 Å². The Kier molecular flexibility index (Phi) is 7.43. The van der Waals surface area contributed by atoms with E-state index in [1.54, 1.807) is 31.0 Å². The Morgan fingerprint density at radius 3 is 2.57 bits per heavy atom. The van der Waals surface area contributed by atoms with E-state index < -0.39 is 0 Å². The van der Waals surface area contributed by atoms with E-state index in [4.69, 9.17) is 33.7 Å². The quantitative estimate of drug-likeness (QED) is 0.309. The molecule has 0 bridgehead atoms. The van der Waals surface area contributed by atoms with Gasteiger partial charge in [0.2, 0.25) is 0 Å². The zero-order valence-corrected chi connectivity index (χ0v) is 15.6. The van der Waals surface area contributed by atoms with Crippen molar-refractivity contribution in [3.05, 3.63) is 52.5 Å². The Balaban J connectivity index is 1.80. The highest BCUT2D eigenvalue weighted by atomic mass is 35.5. The second kappa shape index (κ2) is 9.33. The summed E-state index contributed by atoms with van der Waals surface area (Å²) in [4.78, 5) is 5.33. The van der Waals surface area contributed by atoms with Crippen LogP contribution in [0.15, 0.2) is 52.4 Å². The van der Waals surface area contributed by atoms with Crippen LogP contribution in [-0.4, -0.2) is 23.8 Å². The van der Waals surface area contributed by atoms with Crippen molar-refractivity contribution >= 4 is 57.6 Å². The van der Waals surface area contributed by atoms with Crippen molar-refractivity contribution in [1.29, 1.82) is 0 Å². The van der Waals surface area contributed by atoms with Gasteiger partial charge in [0.15, 0.2) is 5.17 Å². The van der Waals surface area contributed by atoms with Gasteiger partial charge in [0.05, 0.1) is 17.8 Å². The van der Waals surface area contributed by atoms with Gasteiger partial charge in [0.1, 0.15) is 5.75 Å². The fraction of sp³-hybridized carbons (Fsp3) is 0.188. The van der Waals surface area contributed by atoms with E-state index >= 15 is 0 Å². The molecule has 23 heavy (non-hydrogen) atoms. The van der Waals surface area contributed by atoms with Gasteiger partial charge in [-0.2, -0.15) is 0 Å². The van der Waals surface area contributed by atoms with Crippen LogP contribution < -0.4 is 10.5 Å². The summed E-state index contributed by atoms with van der Waals surface area (Å²) in [5.41, 5.74) is 6.74. The number of nitrogens with zero attached hydrogens (tertiary/aromatic N) is 1. The zero-order chi connectivity index (χ0) is 16.7. The van der Waals surface area contributed by atoms with Gasteiger partial charge in [-0.1, -0.05) is 35.0 Å². The molecule has 0 aromatic heterocycles. The van der Waals surface area contributed by atoms with Crippen molar-refractivity contribution in [1.82, 2.24) is 0 Å². The highest BCUT2D eigenvalue weighted by molar-refractivity contribution is 8.14. The molecular formula is C16H16Cl2N2OS2. The summed E-state index contributed by atoms with van der Waals surface area (Å²) in [7, 11) is 1.63. The molecule has 7 heteroatoms. The first-order valence-corrected chi connectivity index (χ1v) is 9.50. The van der Waals surface area contributed by atoms with Crippen LogP contribution in [0, 0.1) is 0 Å². The van der Waals surface area contributed by atoms with Crippen LogP contribution in [-0.2, 0) is 0 Å². The van der Waals surface area contributed by atoms with E-state index in [1.165, 1.54) is 11.8 Å². The van der Waals surface area contributed by atoms with Gasteiger partial charge in [0, 0.05) is 21.4 Å². The molecule has 0 heterocycles. The van der Waals surface area contributed by atoms with Crippen molar-refractivity contribution in [3.63, 3.8) is 0 Å². The predicted molar refractivity (Wildman–Crippen MR) is 104 cm³/mol. The van der Waals surface area contributed by atoms with Gasteiger partial charge in [-0.25, -0.2) is 4.99 Å². The second-order valence-electron chi connectivity index (χ2n) is 4.42. The zero-order valence-electron chi connectivity index (χ0n) is 12.5. The normalized spacial score (nSPS) is 11.5. The number of benzene rings is 2. The molecule has 0 aliphatic rings. The molecule has 2 N–H and O–H groups in total. The predicted octanol–water partition coefficient (Wildman–Crippen LogP) is 5.47. The topological polar surface area (TPSA) is 47.6 Å². The molecule has 0 atom stereocenters. The SMILES string of the molecule is COc1ccc(N=C(N)SCCSc2cc(Cl)ccc2Cl)cc1. The van der Waals surface area contributed by atoms with Gasteiger partial charge >= 0.3 is 0 Å². The Labute approximate surface area is 154 Å². The van der Waals surface area contributed by atoms with E-state index in [1.807, 2.05) is 30.3 Å². The van der Waals surface area contributed by atoms with Crippen molar-refractivity contribution in [2.24, 2.45) is 10.7 Å². The van der Waals surface area contributed by atoms with Crippen LogP contribution in [0.1, 0.15) is 0 Å². The number of nitrogens with two attached hydrogens (primary N) is 1. The molecule has 0 aliphatic heterocycles. The lowest BCUT2D eigenvalue weighted by atomic mass is 10.3. The third-order valence-electron chi connectivity index (χ3n) is 2.80. The minimum absolute atomic E-state index is 0.535. The Hall–Kier alpha value is -1.01. The molecule has 2 rings (SSSR count). The van der Waals surface area contributed by atoms with Gasteiger partial charge < -0.3 is 10.5 Å². The molecule has 0 saturated heterocycles. The molecule has 0 spiro atoms. The Morgan fingerprint density at radius 2 is 1.87 bits per heavy atom. The van der Waals surface area contributed by atoms with E-state index in [-0.39, 0.29) is 0 Å². The molecule has 3 nitrogen and oxygen atoms in total. The fourth-order valence-electron chi connectivity index (χ4n) is 1.70. The van der Waals surface area contributed by atoms with Crippen LogP contribution >= 0.6 is 46.7 Å². The van der Waals surface area contributed by atoms with Gasteiger partial charge in [0.25, 0.3) is 0 Å². The number of hydrogen-bond donors (Lipinski definition) is 1. The Bertz CT molecular complexity index is 678. The number of rotatable bonds is 6. The van der Waals surface area contributed by atoms with E-state index in [0.29, 0.717) is 15.2 Å². The lowest BCUT2D eigenvalue weighted by Gasteiger charge is -2.05. The molecule has 122 valence electrons. The summed E-state index contributed by atoms with van der Waals surface area (Å²) >= 11 is 15.3. The summed E-state index contributed by atoms with van der Waals surface area (Å²) < 4.78 is 5.11. The standard InChI is InChI=1S/C16H16Cl2N2OS2/c1-21-13-5-3-12(4-6-13)20-16(19)23-9-8-22-15-10-11(17)2-7-14(15)18/h2-7,10H,8-9H2,1H3,(H2,19,20). The van der Waals surface area contributed by atoms with E-state index in [0.717, 1.165) is 27.8 Å². The highest BCUT2D eigenvalue weighted by Gasteiger charge is 2.03. The van der Waals surface area contributed by atoms with Crippen LogP contribution in [0.5, 0.6) is 5.75 Å². The number of halogens is 2.